The summed E-state index contributed by atoms with van der Waals surface area (Å²) in [6, 6.07) is 12.2. The number of fused-ring (bicyclic) bond motifs is 2. The van der Waals surface area contributed by atoms with E-state index in [0.29, 0.717) is 42.7 Å². The van der Waals surface area contributed by atoms with Gasteiger partial charge in [0.25, 0.3) is 5.56 Å². The average Bonchev–Trinajstić information content (AvgIpc) is 3.37. The maximum Gasteiger partial charge on any atom is 0.338 e. The number of hydrogen-bond donors (Lipinski definition) is 0. The summed E-state index contributed by atoms with van der Waals surface area (Å²) in [5, 5.41) is 0.438. The van der Waals surface area contributed by atoms with Crippen molar-refractivity contribution in [2.75, 3.05) is 13.4 Å². The summed E-state index contributed by atoms with van der Waals surface area (Å²) in [6.07, 6.45) is 1.71. The van der Waals surface area contributed by atoms with Gasteiger partial charge in [0.15, 0.2) is 16.3 Å². The molecule has 5 rings (SSSR count). The Morgan fingerprint density at radius 3 is 2.73 bits per heavy atom. The standard InChI is InChI=1S/C24H19ClN2O5S/c1-3-30-23(29)20-13(2)26-24-27(21(20)14-7-5-4-6-8-14)22(28)19(33-24)10-15-9-17-18(11-16(15)25)32-12-31-17/h4-11,21H,3,12H2,1-2H3/b19-10-/t21-/m1/s1. The molecule has 1 atom stereocenters. The van der Waals surface area contributed by atoms with Gasteiger partial charge in [0.2, 0.25) is 6.79 Å². The molecule has 0 saturated heterocycles. The van der Waals surface area contributed by atoms with Gasteiger partial charge in [0, 0.05) is 6.07 Å². The number of nitrogens with zero attached hydrogens (tertiary/aromatic N) is 2. The van der Waals surface area contributed by atoms with E-state index in [-0.39, 0.29) is 19.0 Å². The highest BCUT2D eigenvalue weighted by Gasteiger charge is 2.33. The Morgan fingerprint density at radius 1 is 1.27 bits per heavy atom. The van der Waals surface area contributed by atoms with E-state index in [1.165, 1.54) is 11.3 Å². The molecule has 9 heteroatoms. The summed E-state index contributed by atoms with van der Waals surface area (Å²) in [6.45, 7) is 3.86. The van der Waals surface area contributed by atoms with Gasteiger partial charge in [0.1, 0.15) is 0 Å². The number of carbonyl (C=O) groups excluding carboxylic acids is 1. The van der Waals surface area contributed by atoms with Crippen molar-refractivity contribution >= 4 is 35.0 Å². The van der Waals surface area contributed by atoms with E-state index in [2.05, 4.69) is 4.99 Å². The highest BCUT2D eigenvalue weighted by molar-refractivity contribution is 7.07. The molecular formula is C24H19ClN2O5S. The minimum Gasteiger partial charge on any atom is -0.463 e. The third-order valence-electron chi connectivity index (χ3n) is 5.41. The monoisotopic (exact) mass is 482 g/mol. The number of thiazole rings is 1. The van der Waals surface area contributed by atoms with Gasteiger partial charge in [-0.3, -0.25) is 9.36 Å². The van der Waals surface area contributed by atoms with Crippen LogP contribution in [0, 0.1) is 0 Å². The summed E-state index contributed by atoms with van der Waals surface area (Å²) in [5.41, 5.74) is 2.03. The molecule has 0 N–H and O–H groups in total. The Bertz CT molecular complexity index is 1470. The number of ether oxygens (including phenoxy) is 3. The number of allylic oxidation sites excluding steroid dienone is 1. The Labute approximate surface area is 197 Å². The van der Waals surface area contributed by atoms with Crippen LogP contribution in [0.25, 0.3) is 6.08 Å². The van der Waals surface area contributed by atoms with Crippen LogP contribution in [-0.2, 0) is 9.53 Å². The SMILES string of the molecule is CCOC(=O)C1=C(C)N=c2s/c(=C\c3cc4c(cc3Cl)OCO4)c(=O)n2[C@@H]1c1ccccc1. The minimum atomic E-state index is -0.643. The molecule has 0 bridgehead atoms. The van der Waals surface area contributed by atoms with Gasteiger partial charge in [-0.1, -0.05) is 53.3 Å². The van der Waals surface area contributed by atoms with Gasteiger partial charge in [-0.2, -0.15) is 0 Å². The van der Waals surface area contributed by atoms with Crippen molar-refractivity contribution in [3.8, 4) is 11.5 Å². The highest BCUT2D eigenvalue weighted by atomic mass is 35.5. The molecule has 0 amide bonds. The number of esters is 1. The van der Waals surface area contributed by atoms with Crippen LogP contribution in [0.4, 0.5) is 0 Å². The molecule has 0 radical (unpaired) electrons. The third kappa shape index (κ3) is 3.75. The van der Waals surface area contributed by atoms with E-state index >= 15 is 0 Å². The summed E-state index contributed by atoms with van der Waals surface area (Å²) >= 11 is 7.66. The number of hydrogen-bond acceptors (Lipinski definition) is 7. The number of benzene rings is 2. The predicted molar refractivity (Wildman–Crippen MR) is 124 cm³/mol. The number of rotatable bonds is 4. The van der Waals surface area contributed by atoms with E-state index in [4.69, 9.17) is 25.8 Å². The summed E-state index contributed by atoms with van der Waals surface area (Å²) in [7, 11) is 0. The number of halogens is 1. The Hall–Kier alpha value is -3.36. The molecule has 2 aliphatic rings. The first kappa shape index (κ1) is 21.5. The first-order valence-electron chi connectivity index (χ1n) is 10.3. The molecule has 3 heterocycles. The quantitative estimate of drug-likeness (QED) is 0.534. The molecule has 3 aromatic rings. The van der Waals surface area contributed by atoms with Crippen LogP contribution >= 0.6 is 22.9 Å². The second-order valence-electron chi connectivity index (χ2n) is 7.44. The van der Waals surface area contributed by atoms with Gasteiger partial charge in [-0.05, 0) is 37.1 Å². The maximum atomic E-state index is 13.6. The maximum absolute atomic E-state index is 13.6. The molecule has 33 heavy (non-hydrogen) atoms. The predicted octanol–water partition coefficient (Wildman–Crippen LogP) is 3.18. The van der Waals surface area contributed by atoms with E-state index in [1.54, 1.807) is 36.6 Å². The van der Waals surface area contributed by atoms with Crippen LogP contribution in [0.15, 0.2) is 63.5 Å². The molecule has 0 aliphatic carbocycles. The van der Waals surface area contributed by atoms with Crippen LogP contribution in [-0.4, -0.2) is 23.9 Å². The molecular weight excluding hydrogens is 464 g/mol. The molecule has 2 aromatic carbocycles. The van der Waals surface area contributed by atoms with E-state index in [1.807, 2.05) is 30.3 Å². The molecule has 168 valence electrons. The lowest BCUT2D eigenvalue weighted by atomic mass is 9.96. The van der Waals surface area contributed by atoms with Gasteiger partial charge in [-0.25, -0.2) is 9.79 Å². The van der Waals surface area contributed by atoms with Crippen LogP contribution < -0.4 is 24.4 Å². The number of aromatic nitrogens is 1. The van der Waals surface area contributed by atoms with Gasteiger partial charge >= 0.3 is 5.97 Å². The smallest absolute Gasteiger partial charge is 0.338 e. The van der Waals surface area contributed by atoms with E-state index < -0.39 is 12.0 Å². The largest absolute Gasteiger partial charge is 0.463 e. The lowest BCUT2D eigenvalue weighted by Crippen LogP contribution is -2.39. The van der Waals surface area contributed by atoms with Crippen molar-refractivity contribution < 1.29 is 19.0 Å². The minimum absolute atomic E-state index is 0.129. The third-order valence-corrected chi connectivity index (χ3v) is 6.72. The first-order chi connectivity index (χ1) is 16.0. The molecule has 1 aromatic heterocycles. The van der Waals surface area contributed by atoms with Crippen molar-refractivity contribution in [1.29, 1.82) is 0 Å². The highest BCUT2D eigenvalue weighted by Crippen LogP contribution is 2.37. The molecule has 7 nitrogen and oxygen atoms in total. The zero-order valence-corrected chi connectivity index (χ0v) is 19.4. The fourth-order valence-electron chi connectivity index (χ4n) is 3.93. The zero-order chi connectivity index (χ0) is 23.1. The van der Waals surface area contributed by atoms with Crippen LogP contribution in [0.2, 0.25) is 5.02 Å². The van der Waals surface area contributed by atoms with Crippen molar-refractivity contribution in [2.45, 2.75) is 19.9 Å². The summed E-state index contributed by atoms with van der Waals surface area (Å²) in [4.78, 5) is 31.5. The zero-order valence-electron chi connectivity index (χ0n) is 17.8. The van der Waals surface area contributed by atoms with Crippen molar-refractivity contribution in [2.24, 2.45) is 4.99 Å². The van der Waals surface area contributed by atoms with Gasteiger partial charge in [0.05, 0.1) is 33.5 Å². The van der Waals surface area contributed by atoms with Crippen molar-refractivity contribution in [3.63, 3.8) is 0 Å². The Morgan fingerprint density at radius 2 is 2.00 bits per heavy atom. The van der Waals surface area contributed by atoms with E-state index in [9.17, 15) is 9.59 Å². The molecule has 2 aliphatic heterocycles. The summed E-state index contributed by atoms with van der Waals surface area (Å²) in [5.74, 6) is 0.652. The number of carbonyl (C=O) groups is 1. The first-order valence-corrected chi connectivity index (χ1v) is 11.5. The fraction of sp³-hybridized carbons (Fsp3) is 0.208. The van der Waals surface area contributed by atoms with Crippen LogP contribution in [0.1, 0.15) is 31.0 Å². The fourth-order valence-corrected chi connectivity index (χ4v) is 5.17. The van der Waals surface area contributed by atoms with E-state index in [0.717, 1.165) is 5.56 Å². The van der Waals surface area contributed by atoms with Crippen molar-refractivity contribution in [3.05, 3.63) is 89.6 Å². The molecule has 0 unspecified atom stereocenters. The van der Waals surface area contributed by atoms with Crippen molar-refractivity contribution in [1.82, 2.24) is 4.57 Å². The molecule has 0 saturated carbocycles. The van der Waals surface area contributed by atoms with Gasteiger partial charge < -0.3 is 14.2 Å². The van der Waals surface area contributed by atoms with Crippen LogP contribution in [0.3, 0.4) is 0 Å². The van der Waals surface area contributed by atoms with Crippen LogP contribution in [0.5, 0.6) is 11.5 Å². The Kier molecular flexibility index (Phi) is 5.55. The Balaban J connectivity index is 1.71. The van der Waals surface area contributed by atoms with Gasteiger partial charge in [-0.15, -0.1) is 0 Å². The average molecular weight is 483 g/mol. The molecule has 0 fully saturated rings. The second kappa shape index (κ2) is 8.53. The lowest BCUT2D eigenvalue weighted by Gasteiger charge is -2.24. The lowest BCUT2D eigenvalue weighted by molar-refractivity contribution is -0.139. The topological polar surface area (TPSA) is 79.1 Å². The summed E-state index contributed by atoms with van der Waals surface area (Å²) < 4.78 is 18.1. The normalized spacial score (nSPS) is 17.1. The second-order valence-corrected chi connectivity index (χ2v) is 8.86. The molecule has 0 spiro atoms.